The van der Waals surface area contributed by atoms with Crippen molar-refractivity contribution in [1.82, 2.24) is 29.5 Å². The van der Waals surface area contributed by atoms with Gasteiger partial charge in [-0.15, -0.1) is 0 Å². The van der Waals surface area contributed by atoms with E-state index in [2.05, 4.69) is 25.4 Å². The van der Waals surface area contributed by atoms with E-state index < -0.39 is 10.7 Å². The first-order valence-corrected chi connectivity index (χ1v) is 12.1. The van der Waals surface area contributed by atoms with Gasteiger partial charge in [-0.05, 0) is 38.2 Å². The number of anilines is 2. The zero-order valence-electron chi connectivity index (χ0n) is 21.5. The SMILES string of the molecule is CCN(C)CCOc1cc2ncnc(Nc3cc(C)c(Oc4ccn5ncnc5c4)cc3F)c2cc1[N+](=O)[O-]. The van der Waals surface area contributed by atoms with Gasteiger partial charge in [0.15, 0.2) is 11.4 Å². The lowest BCUT2D eigenvalue weighted by Crippen LogP contribution is -2.23. The van der Waals surface area contributed by atoms with Crippen LogP contribution in [0.2, 0.25) is 0 Å². The number of hydrogen-bond donors (Lipinski definition) is 1. The van der Waals surface area contributed by atoms with Gasteiger partial charge in [0, 0.05) is 37.0 Å². The van der Waals surface area contributed by atoms with Crippen LogP contribution in [0.15, 0.2) is 55.2 Å². The molecular formula is C26H25FN8O4. The van der Waals surface area contributed by atoms with Crippen LogP contribution >= 0.6 is 0 Å². The molecule has 0 amide bonds. The van der Waals surface area contributed by atoms with Gasteiger partial charge in [-0.2, -0.15) is 5.10 Å². The van der Waals surface area contributed by atoms with Crippen LogP contribution in [-0.4, -0.2) is 61.1 Å². The molecule has 0 bridgehead atoms. The smallest absolute Gasteiger partial charge is 0.311 e. The minimum absolute atomic E-state index is 0.106. The van der Waals surface area contributed by atoms with Crippen molar-refractivity contribution in [3.05, 3.63) is 76.7 Å². The predicted octanol–water partition coefficient (Wildman–Crippen LogP) is 4.89. The van der Waals surface area contributed by atoms with Gasteiger partial charge in [-0.25, -0.2) is 23.9 Å². The first-order valence-electron chi connectivity index (χ1n) is 12.1. The van der Waals surface area contributed by atoms with Crippen LogP contribution in [0, 0.1) is 22.9 Å². The first kappa shape index (κ1) is 25.7. The molecule has 12 nitrogen and oxygen atoms in total. The molecule has 0 aliphatic heterocycles. The zero-order chi connectivity index (χ0) is 27.5. The number of nitro benzene ring substituents is 1. The summed E-state index contributed by atoms with van der Waals surface area (Å²) in [4.78, 5) is 25.9. The van der Waals surface area contributed by atoms with E-state index in [0.29, 0.717) is 40.2 Å². The Kier molecular flexibility index (Phi) is 7.14. The Bertz CT molecular complexity index is 1680. The Morgan fingerprint density at radius 2 is 1.97 bits per heavy atom. The monoisotopic (exact) mass is 532 g/mol. The van der Waals surface area contributed by atoms with Crippen molar-refractivity contribution in [2.45, 2.75) is 13.8 Å². The topological polar surface area (TPSA) is 133 Å². The van der Waals surface area contributed by atoms with Crippen molar-refractivity contribution in [1.29, 1.82) is 0 Å². The van der Waals surface area contributed by atoms with Crippen LogP contribution in [0.3, 0.4) is 0 Å². The summed E-state index contributed by atoms with van der Waals surface area (Å²) < 4.78 is 28.4. The molecule has 0 atom stereocenters. The highest BCUT2D eigenvalue weighted by atomic mass is 19.1. The normalized spacial score (nSPS) is 11.3. The van der Waals surface area contributed by atoms with Crippen LogP contribution in [0.1, 0.15) is 12.5 Å². The quantitative estimate of drug-likeness (QED) is 0.196. The summed E-state index contributed by atoms with van der Waals surface area (Å²) in [6, 6.07) is 9.05. The molecule has 3 aromatic heterocycles. The molecular weight excluding hydrogens is 507 g/mol. The average molecular weight is 533 g/mol. The lowest BCUT2D eigenvalue weighted by Gasteiger charge is -2.15. The summed E-state index contributed by atoms with van der Waals surface area (Å²) >= 11 is 0. The Morgan fingerprint density at radius 1 is 1.13 bits per heavy atom. The van der Waals surface area contributed by atoms with Crippen LogP contribution in [-0.2, 0) is 0 Å². The maximum atomic E-state index is 15.2. The molecule has 0 saturated heterocycles. The third-order valence-corrected chi connectivity index (χ3v) is 6.18. The Morgan fingerprint density at radius 3 is 2.77 bits per heavy atom. The van der Waals surface area contributed by atoms with Crippen molar-refractivity contribution in [3.8, 4) is 17.2 Å². The summed E-state index contributed by atoms with van der Waals surface area (Å²) in [6.07, 6.45) is 4.42. The maximum Gasteiger partial charge on any atom is 0.311 e. The highest BCUT2D eigenvalue weighted by Gasteiger charge is 2.20. The van der Waals surface area contributed by atoms with Gasteiger partial charge in [0.05, 0.1) is 21.5 Å². The Balaban J connectivity index is 1.42. The molecule has 0 aliphatic carbocycles. The number of nitrogens with zero attached hydrogens (tertiary/aromatic N) is 7. The summed E-state index contributed by atoms with van der Waals surface area (Å²) in [7, 11) is 1.93. The molecule has 0 saturated carbocycles. The second kappa shape index (κ2) is 10.8. The number of ether oxygens (including phenoxy) is 2. The third-order valence-electron chi connectivity index (χ3n) is 6.18. The molecule has 13 heteroatoms. The number of hydrogen-bond acceptors (Lipinski definition) is 10. The Hall–Kier alpha value is -4.91. The summed E-state index contributed by atoms with van der Waals surface area (Å²) in [5, 5.41) is 19.1. The molecule has 3 heterocycles. The molecule has 0 fully saturated rings. The number of benzene rings is 2. The number of nitrogens with one attached hydrogen (secondary N) is 1. The van der Waals surface area contributed by atoms with Crippen LogP contribution < -0.4 is 14.8 Å². The van der Waals surface area contributed by atoms with E-state index in [-0.39, 0.29) is 29.5 Å². The number of nitro groups is 1. The molecule has 0 spiro atoms. The second-order valence-electron chi connectivity index (χ2n) is 8.81. The molecule has 0 unspecified atom stereocenters. The van der Waals surface area contributed by atoms with Crippen LogP contribution in [0.25, 0.3) is 16.6 Å². The molecule has 0 radical (unpaired) electrons. The van der Waals surface area contributed by atoms with Gasteiger partial charge < -0.3 is 19.7 Å². The number of aromatic nitrogens is 5. The molecule has 1 N–H and O–H groups in total. The third kappa shape index (κ3) is 5.52. The van der Waals surface area contributed by atoms with Crippen molar-refractivity contribution in [2.24, 2.45) is 0 Å². The van der Waals surface area contributed by atoms with Crippen LogP contribution in [0.4, 0.5) is 21.6 Å². The van der Waals surface area contributed by atoms with Crippen molar-refractivity contribution in [2.75, 3.05) is 32.1 Å². The van der Waals surface area contributed by atoms with E-state index in [1.165, 1.54) is 30.9 Å². The molecule has 5 rings (SSSR count). The number of aryl methyl sites for hydroxylation is 1. The minimum atomic E-state index is -0.597. The lowest BCUT2D eigenvalue weighted by molar-refractivity contribution is -0.385. The second-order valence-corrected chi connectivity index (χ2v) is 8.81. The van der Waals surface area contributed by atoms with E-state index >= 15 is 4.39 Å². The number of rotatable bonds is 10. The largest absolute Gasteiger partial charge is 0.485 e. The van der Waals surface area contributed by atoms with Gasteiger partial charge >= 0.3 is 5.69 Å². The van der Waals surface area contributed by atoms with Gasteiger partial charge in [0.2, 0.25) is 0 Å². The van der Waals surface area contributed by atoms with Crippen molar-refractivity contribution >= 4 is 33.7 Å². The fraction of sp³-hybridized carbons (Fsp3) is 0.231. The highest BCUT2D eigenvalue weighted by Crippen LogP contribution is 2.36. The van der Waals surface area contributed by atoms with E-state index in [0.717, 1.165) is 6.54 Å². The molecule has 0 aliphatic rings. The summed E-state index contributed by atoms with van der Waals surface area (Å²) in [5.74, 6) is 0.521. The van der Waals surface area contributed by atoms with Gasteiger partial charge in [-0.1, -0.05) is 6.92 Å². The average Bonchev–Trinajstić information content (AvgIpc) is 3.39. The van der Waals surface area contributed by atoms with Crippen LogP contribution in [0.5, 0.6) is 17.2 Å². The number of pyridine rings is 1. The minimum Gasteiger partial charge on any atom is -0.485 e. The van der Waals surface area contributed by atoms with E-state index in [4.69, 9.17) is 9.47 Å². The number of fused-ring (bicyclic) bond motifs is 2. The number of halogens is 1. The zero-order valence-corrected chi connectivity index (χ0v) is 21.5. The molecule has 200 valence electrons. The molecule has 39 heavy (non-hydrogen) atoms. The van der Waals surface area contributed by atoms with Gasteiger partial charge in [0.25, 0.3) is 0 Å². The first-order chi connectivity index (χ1) is 18.8. The van der Waals surface area contributed by atoms with Gasteiger partial charge in [0.1, 0.15) is 42.4 Å². The van der Waals surface area contributed by atoms with E-state index in [9.17, 15) is 10.1 Å². The standard InChI is InChI=1S/C26H25FN8O4/c1-4-33(3)7-8-38-24-13-20-18(11-22(24)35(36)37)26(30-14-28-20)32-21-9-16(2)23(12-19(21)27)39-17-5-6-34-25(10-17)29-15-31-34/h5-6,9-15H,4,7-8H2,1-3H3,(H,28,30,32). The predicted molar refractivity (Wildman–Crippen MR) is 142 cm³/mol. The summed E-state index contributed by atoms with van der Waals surface area (Å²) in [6.45, 7) is 5.49. The Labute approximate surface area is 222 Å². The van der Waals surface area contributed by atoms with Crippen molar-refractivity contribution < 1.29 is 18.8 Å². The number of likely N-dealkylation sites (N-methyl/N-ethyl adjacent to an activating group) is 1. The molecule has 2 aromatic carbocycles. The summed E-state index contributed by atoms with van der Waals surface area (Å²) in [5.41, 5.74) is 1.55. The highest BCUT2D eigenvalue weighted by molar-refractivity contribution is 5.93. The van der Waals surface area contributed by atoms with Gasteiger partial charge in [-0.3, -0.25) is 10.1 Å². The molecule has 5 aromatic rings. The maximum absolute atomic E-state index is 15.2. The lowest BCUT2D eigenvalue weighted by atomic mass is 10.1. The van der Waals surface area contributed by atoms with Crippen molar-refractivity contribution in [3.63, 3.8) is 0 Å². The fourth-order valence-corrected chi connectivity index (χ4v) is 3.88. The van der Waals surface area contributed by atoms with E-state index in [1.54, 1.807) is 35.8 Å². The fourth-order valence-electron chi connectivity index (χ4n) is 3.88. The van der Waals surface area contributed by atoms with E-state index in [1.807, 2.05) is 18.9 Å².